The molecule has 2 aromatic rings. The van der Waals surface area contributed by atoms with Gasteiger partial charge in [-0.05, 0) is 42.3 Å². The van der Waals surface area contributed by atoms with Crippen LogP contribution in [0, 0.1) is 6.92 Å². The van der Waals surface area contributed by atoms with Gasteiger partial charge in [-0.15, -0.1) is 23.5 Å². The molecule has 2 saturated heterocycles. The van der Waals surface area contributed by atoms with Crippen molar-refractivity contribution in [2.24, 2.45) is 0 Å². The molecule has 0 atom stereocenters. The Labute approximate surface area is 197 Å². The summed E-state index contributed by atoms with van der Waals surface area (Å²) in [5.41, 5.74) is 2.30. The molecule has 2 aromatic carbocycles. The van der Waals surface area contributed by atoms with Gasteiger partial charge in [0.2, 0.25) is 10.0 Å². The van der Waals surface area contributed by atoms with Crippen LogP contribution in [0.25, 0.3) is 0 Å². The fourth-order valence-electron chi connectivity index (χ4n) is 3.50. The maximum Gasteiger partial charge on any atom is 0.262 e. The Hall–Kier alpha value is -1.72. The third-order valence-electron chi connectivity index (χ3n) is 5.20. The van der Waals surface area contributed by atoms with Crippen molar-refractivity contribution in [3.8, 4) is 5.75 Å². The lowest BCUT2D eigenvalue weighted by Crippen LogP contribution is -2.40. The zero-order valence-corrected chi connectivity index (χ0v) is 20.2. The van der Waals surface area contributed by atoms with Gasteiger partial charge in [0.25, 0.3) is 5.91 Å². The highest BCUT2D eigenvalue weighted by atomic mass is 32.2. The molecule has 0 saturated carbocycles. The summed E-state index contributed by atoms with van der Waals surface area (Å²) in [6, 6.07) is 12.7. The van der Waals surface area contributed by atoms with Gasteiger partial charge in [0.05, 0.1) is 22.7 Å². The fraction of sp³-hybridized carbons (Fsp3) is 0.409. The molecule has 4 rings (SSSR count). The molecule has 0 aliphatic carbocycles. The average Bonchev–Trinajstić information content (AvgIpc) is 3.35. The number of anilines is 1. The number of sulfonamides is 1. The van der Waals surface area contributed by atoms with Crippen molar-refractivity contribution in [2.45, 2.75) is 16.4 Å². The third-order valence-corrected chi connectivity index (χ3v) is 10.3. The Morgan fingerprint density at radius 3 is 2.50 bits per heavy atom. The van der Waals surface area contributed by atoms with Crippen LogP contribution in [0.4, 0.5) is 5.69 Å². The molecule has 2 aliphatic heterocycles. The van der Waals surface area contributed by atoms with E-state index >= 15 is 0 Å². The average molecular weight is 495 g/mol. The lowest BCUT2D eigenvalue weighted by Gasteiger charge is -2.26. The molecule has 2 fully saturated rings. The van der Waals surface area contributed by atoms with E-state index in [9.17, 15) is 13.2 Å². The minimum Gasteiger partial charge on any atom is -0.484 e. The fourth-order valence-corrected chi connectivity index (χ4v) is 8.02. The Kier molecular flexibility index (Phi) is 7.67. The number of thioether (sulfide) groups is 2. The zero-order valence-electron chi connectivity index (χ0n) is 17.8. The first-order chi connectivity index (χ1) is 15.4. The predicted molar refractivity (Wildman–Crippen MR) is 129 cm³/mol. The van der Waals surface area contributed by atoms with Gasteiger partial charge in [-0.2, -0.15) is 4.31 Å². The number of nitrogens with one attached hydrogen (secondary N) is 1. The number of ether oxygens (including phenoxy) is 2. The molecule has 0 unspecified atom stereocenters. The maximum atomic E-state index is 13.0. The van der Waals surface area contributed by atoms with E-state index in [-0.39, 0.29) is 17.4 Å². The largest absolute Gasteiger partial charge is 0.484 e. The second-order valence-corrected chi connectivity index (χ2v) is 12.1. The van der Waals surface area contributed by atoms with Crippen LogP contribution in [0.2, 0.25) is 0 Å². The molecular formula is C22H26N2O5S3. The standard InChI is InChI=1S/C22H26N2O5S3/c1-16-2-5-18(14-20(16)32(26,27)24-8-10-28-11-9-24)23-21(25)15-29-19-6-3-17(4-7-19)22-30-12-13-31-22/h2-7,14,22H,8-13,15H2,1H3,(H,23,25). The Morgan fingerprint density at radius 2 is 1.81 bits per heavy atom. The first-order valence-electron chi connectivity index (χ1n) is 10.4. The predicted octanol–water partition coefficient (Wildman–Crippen LogP) is 3.51. The van der Waals surface area contributed by atoms with Gasteiger partial charge in [0.1, 0.15) is 5.75 Å². The van der Waals surface area contributed by atoms with Gasteiger partial charge in [-0.3, -0.25) is 4.79 Å². The molecule has 0 bridgehead atoms. The molecule has 1 N–H and O–H groups in total. The van der Waals surface area contributed by atoms with E-state index in [0.717, 1.165) is 0 Å². The number of morpholine rings is 1. The number of rotatable bonds is 7. The lowest BCUT2D eigenvalue weighted by atomic mass is 10.2. The normalized spacial score (nSPS) is 17.9. The smallest absolute Gasteiger partial charge is 0.262 e. The van der Waals surface area contributed by atoms with Crippen molar-refractivity contribution in [3.63, 3.8) is 0 Å². The highest BCUT2D eigenvalue weighted by Gasteiger charge is 2.28. The summed E-state index contributed by atoms with van der Waals surface area (Å²) < 4.78 is 38.8. The van der Waals surface area contributed by atoms with Crippen LogP contribution in [0.15, 0.2) is 47.4 Å². The van der Waals surface area contributed by atoms with Crippen LogP contribution in [-0.4, -0.2) is 63.0 Å². The number of aryl methyl sites for hydroxylation is 1. The topological polar surface area (TPSA) is 84.9 Å². The van der Waals surface area contributed by atoms with Crippen LogP contribution < -0.4 is 10.1 Å². The van der Waals surface area contributed by atoms with Gasteiger partial charge in [0, 0.05) is 30.3 Å². The number of hydrogen-bond acceptors (Lipinski definition) is 7. The van der Waals surface area contributed by atoms with Crippen molar-refractivity contribution < 1.29 is 22.7 Å². The van der Waals surface area contributed by atoms with Crippen LogP contribution >= 0.6 is 23.5 Å². The van der Waals surface area contributed by atoms with E-state index < -0.39 is 10.0 Å². The van der Waals surface area contributed by atoms with Gasteiger partial charge in [-0.1, -0.05) is 18.2 Å². The highest BCUT2D eigenvalue weighted by molar-refractivity contribution is 8.19. The van der Waals surface area contributed by atoms with Crippen LogP contribution in [0.1, 0.15) is 15.7 Å². The Balaban J connectivity index is 1.36. The maximum absolute atomic E-state index is 13.0. The summed E-state index contributed by atoms with van der Waals surface area (Å²) in [4.78, 5) is 12.6. The second-order valence-electron chi connectivity index (χ2n) is 7.48. The lowest BCUT2D eigenvalue weighted by molar-refractivity contribution is -0.118. The summed E-state index contributed by atoms with van der Waals surface area (Å²) in [6.45, 7) is 2.99. The summed E-state index contributed by atoms with van der Waals surface area (Å²) in [5, 5.41) is 2.73. The van der Waals surface area contributed by atoms with E-state index in [2.05, 4.69) is 5.32 Å². The number of carbonyl (C=O) groups excluding carboxylic acids is 1. The number of hydrogen-bond donors (Lipinski definition) is 1. The molecular weight excluding hydrogens is 468 g/mol. The van der Waals surface area contributed by atoms with Gasteiger partial charge in [0.15, 0.2) is 6.61 Å². The Morgan fingerprint density at radius 1 is 1.12 bits per heavy atom. The number of benzene rings is 2. The van der Waals surface area contributed by atoms with Crippen LogP contribution in [-0.2, 0) is 19.6 Å². The molecule has 0 radical (unpaired) electrons. The summed E-state index contributed by atoms with van der Waals surface area (Å²) in [7, 11) is -3.65. The monoisotopic (exact) mass is 494 g/mol. The molecule has 7 nitrogen and oxygen atoms in total. The van der Waals surface area contributed by atoms with Crippen molar-refractivity contribution in [1.29, 1.82) is 0 Å². The minimum absolute atomic E-state index is 0.161. The molecule has 1 amide bonds. The number of amides is 1. The molecule has 0 spiro atoms. The molecule has 32 heavy (non-hydrogen) atoms. The first kappa shape index (κ1) is 23.4. The van der Waals surface area contributed by atoms with Gasteiger partial charge in [-0.25, -0.2) is 8.42 Å². The van der Waals surface area contributed by atoms with E-state index in [1.54, 1.807) is 19.1 Å². The second kappa shape index (κ2) is 10.5. The van der Waals surface area contributed by atoms with E-state index in [4.69, 9.17) is 9.47 Å². The van der Waals surface area contributed by atoms with Gasteiger partial charge >= 0.3 is 0 Å². The number of carbonyl (C=O) groups is 1. The van der Waals surface area contributed by atoms with Gasteiger partial charge < -0.3 is 14.8 Å². The summed E-state index contributed by atoms with van der Waals surface area (Å²) in [6.07, 6.45) is 0. The summed E-state index contributed by atoms with van der Waals surface area (Å²) >= 11 is 3.88. The Bertz CT molecular complexity index is 1050. The minimum atomic E-state index is -3.65. The van der Waals surface area contributed by atoms with Crippen molar-refractivity contribution in [2.75, 3.05) is 49.7 Å². The number of nitrogens with zero attached hydrogens (tertiary/aromatic N) is 1. The molecule has 10 heteroatoms. The zero-order chi connectivity index (χ0) is 22.6. The third kappa shape index (κ3) is 5.60. The molecule has 2 heterocycles. The molecule has 172 valence electrons. The van der Waals surface area contributed by atoms with E-state index in [1.807, 2.05) is 47.8 Å². The van der Waals surface area contributed by atoms with Crippen molar-refractivity contribution in [1.82, 2.24) is 4.31 Å². The first-order valence-corrected chi connectivity index (χ1v) is 13.9. The summed E-state index contributed by atoms with van der Waals surface area (Å²) in [5.74, 6) is 2.61. The van der Waals surface area contributed by atoms with Crippen molar-refractivity contribution >= 4 is 45.1 Å². The van der Waals surface area contributed by atoms with Crippen LogP contribution in [0.3, 0.4) is 0 Å². The van der Waals surface area contributed by atoms with E-state index in [0.29, 0.717) is 47.9 Å². The van der Waals surface area contributed by atoms with E-state index in [1.165, 1.54) is 27.4 Å². The van der Waals surface area contributed by atoms with Crippen molar-refractivity contribution in [3.05, 3.63) is 53.6 Å². The SMILES string of the molecule is Cc1ccc(NC(=O)COc2ccc(C3SCCS3)cc2)cc1S(=O)(=O)N1CCOCC1. The quantitative estimate of drug-likeness (QED) is 0.630. The van der Waals surface area contributed by atoms with Crippen LogP contribution in [0.5, 0.6) is 5.75 Å². The molecule has 0 aromatic heterocycles. The highest BCUT2D eigenvalue weighted by Crippen LogP contribution is 2.45. The molecule has 2 aliphatic rings.